The Kier molecular flexibility index (Phi) is 5.96. The fourth-order valence-corrected chi connectivity index (χ4v) is 3.07. The summed E-state index contributed by atoms with van der Waals surface area (Å²) in [7, 11) is 1.96. The monoisotopic (exact) mass is 301 g/mol. The van der Waals surface area contributed by atoms with Crippen LogP contribution in [0.4, 0.5) is 0 Å². The number of hydrogen-bond acceptors (Lipinski definition) is 2. The molecule has 1 fully saturated rings. The lowest BCUT2D eigenvalue weighted by Crippen LogP contribution is -2.23. The second-order valence-electron chi connectivity index (χ2n) is 5.05. The smallest absolute Gasteiger partial charge is 0.0640 e. The van der Waals surface area contributed by atoms with Gasteiger partial charge >= 0.3 is 0 Å². The number of nitrogens with one attached hydrogen (secondary N) is 1. The van der Waals surface area contributed by atoms with Crippen molar-refractivity contribution < 1.29 is 4.74 Å². The van der Waals surface area contributed by atoms with Gasteiger partial charge in [-0.1, -0.05) is 35.3 Å². The molecule has 1 heterocycles. The van der Waals surface area contributed by atoms with Gasteiger partial charge in [-0.25, -0.2) is 0 Å². The summed E-state index contributed by atoms with van der Waals surface area (Å²) in [6.45, 7) is 0.910. The van der Waals surface area contributed by atoms with Crippen molar-refractivity contribution in [3.63, 3.8) is 0 Å². The van der Waals surface area contributed by atoms with E-state index in [9.17, 15) is 0 Å². The van der Waals surface area contributed by atoms with Gasteiger partial charge in [0.25, 0.3) is 0 Å². The Morgan fingerprint density at radius 2 is 2.21 bits per heavy atom. The fraction of sp³-hybridized carbons (Fsp3) is 0.600. The molecule has 0 radical (unpaired) electrons. The molecule has 19 heavy (non-hydrogen) atoms. The Morgan fingerprint density at radius 3 is 2.89 bits per heavy atom. The molecule has 4 heteroatoms. The van der Waals surface area contributed by atoms with Crippen LogP contribution in [0, 0.1) is 0 Å². The molecule has 2 atom stereocenters. The molecule has 0 spiro atoms. The second kappa shape index (κ2) is 7.49. The molecule has 0 aromatic heterocycles. The van der Waals surface area contributed by atoms with Crippen LogP contribution in [0.25, 0.3) is 0 Å². The van der Waals surface area contributed by atoms with Crippen LogP contribution in [0.5, 0.6) is 0 Å². The summed E-state index contributed by atoms with van der Waals surface area (Å²) in [5, 5.41) is 4.61. The van der Waals surface area contributed by atoms with Crippen molar-refractivity contribution in [3.8, 4) is 0 Å². The molecular formula is C15H21Cl2NO. The summed E-state index contributed by atoms with van der Waals surface area (Å²) in [6, 6.07) is 6.05. The van der Waals surface area contributed by atoms with E-state index in [-0.39, 0.29) is 6.04 Å². The van der Waals surface area contributed by atoms with E-state index in [2.05, 4.69) is 5.32 Å². The van der Waals surface area contributed by atoms with E-state index >= 15 is 0 Å². The van der Waals surface area contributed by atoms with Crippen molar-refractivity contribution in [2.45, 2.75) is 44.2 Å². The highest BCUT2D eigenvalue weighted by Crippen LogP contribution is 2.32. The van der Waals surface area contributed by atoms with Crippen LogP contribution in [0.3, 0.4) is 0 Å². The van der Waals surface area contributed by atoms with Gasteiger partial charge < -0.3 is 10.1 Å². The predicted molar refractivity (Wildman–Crippen MR) is 81.1 cm³/mol. The Bertz CT molecular complexity index is 405. The molecule has 0 aliphatic carbocycles. The molecule has 2 rings (SSSR count). The van der Waals surface area contributed by atoms with E-state index in [0.717, 1.165) is 25.0 Å². The minimum Gasteiger partial charge on any atom is -0.378 e. The molecule has 106 valence electrons. The minimum atomic E-state index is 0.233. The van der Waals surface area contributed by atoms with Crippen LogP contribution >= 0.6 is 23.2 Å². The van der Waals surface area contributed by atoms with Gasteiger partial charge in [0.1, 0.15) is 0 Å². The molecule has 1 aliphatic rings. The Labute approximate surface area is 125 Å². The van der Waals surface area contributed by atoms with Crippen LogP contribution in [-0.2, 0) is 4.74 Å². The molecule has 2 unspecified atom stereocenters. The summed E-state index contributed by atoms with van der Waals surface area (Å²) in [4.78, 5) is 0. The molecule has 0 saturated carbocycles. The van der Waals surface area contributed by atoms with E-state index in [4.69, 9.17) is 27.9 Å². The SMILES string of the molecule is CNC(CCC1CCCCO1)c1cccc(Cl)c1Cl. The highest BCUT2D eigenvalue weighted by atomic mass is 35.5. The molecule has 1 aromatic rings. The van der Waals surface area contributed by atoms with Gasteiger partial charge in [-0.3, -0.25) is 0 Å². The van der Waals surface area contributed by atoms with E-state index in [1.54, 1.807) is 0 Å². The topological polar surface area (TPSA) is 21.3 Å². The van der Waals surface area contributed by atoms with Crippen molar-refractivity contribution in [3.05, 3.63) is 33.8 Å². The van der Waals surface area contributed by atoms with Crippen LogP contribution in [0.1, 0.15) is 43.7 Å². The minimum absolute atomic E-state index is 0.233. The number of halogens is 2. The summed E-state index contributed by atoms with van der Waals surface area (Å²) < 4.78 is 5.78. The van der Waals surface area contributed by atoms with E-state index in [0.29, 0.717) is 16.1 Å². The quantitative estimate of drug-likeness (QED) is 0.858. The first kappa shape index (κ1) is 15.1. The van der Waals surface area contributed by atoms with Crippen LogP contribution in [0.15, 0.2) is 18.2 Å². The summed E-state index contributed by atoms with van der Waals surface area (Å²) in [6.07, 6.45) is 6.15. The van der Waals surface area contributed by atoms with E-state index in [1.807, 2.05) is 25.2 Å². The average Bonchev–Trinajstić information content (AvgIpc) is 2.45. The zero-order chi connectivity index (χ0) is 13.7. The van der Waals surface area contributed by atoms with Gasteiger partial charge in [0.05, 0.1) is 16.1 Å². The zero-order valence-corrected chi connectivity index (χ0v) is 12.8. The largest absolute Gasteiger partial charge is 0.378 e. The molecule has 1 saturated heterocycles. The first-order valence-electron chi connectivity index (χ1n) is 6.95. The average molecular weight is 302 g/mol. The molecular weight excluding hydrogens is 281 g/mol. The first-order chi connectivity index (χ1) is 9.22. The van der Waals surface area contributed by atoms with Gasteiger partial charge in [0.15, 0.2) is 0 Å². The highest BCUT2D eigenvalue weighted by Gasteiger charge is 2.19. The van der Waals surface area contributed by atoms with Crippen molar-refractivity contribution in [2.75, 3.05) is 13.7 Å². The maximum Gasteiger partial charge on any atom is 0.0640 e. The van der Waals surface area contributed by atoms with Crippen molar-refractivity contribution in [1.29, 1.82) is 0 Å². The summed E-state index contributed by atoms with van der Waals surface area (Å²) in [5.41, 5.74) is 1.08. The van der Waals surface area contributed by atoms with Gasteiger partial charge in [-0.2, -0.15) is 0 Å². The summed E-state index contributed by atoms with van der Waals surface area (Å²) in [5.74, 6) is 0. The number of benzene rings is 1. The maximum absolute atomic E-state index is 6.29. The summed E-state index contributed by atoms with van der Waals surface area (Å²) >= 11 is 12.4. The van der Waals surface area contributed by atoms with Gasteiger partial charge in [-0.15, -0.1) is 0 Å². The van der Waals surface area contributed by atoms with Crippen LogP contribution in [-0.4, -0.2) is 19.8 Å². The lowest BCUT2D eigenvalue weighted by molar-refractivity contribution is 0.00866. The zero-order valence-electron chi connectivity index (χ0n) is 11.3. The fourth-order valence-electron chi connectivity index (χ4n) is 2.63. The first-order valence-corrected chi connectivity index (χ1v) is 7.70. The van der Waals surface area contributed by atoms with E-state index < -0.39 is 0 Å². The second-order valence-corrected chi connectivity index (χ2v) is 5.84. The third-order valence-electron chi connectivity index (χ3n) is 3.76. The van der Waals surface area contributed by atoms with Crippen LogP contribution < -0.4 is 5.32 Å². The Hall–Kier alpha value is -0.280. The maximum atomic E-state index is 6.29. The molecule has 0 bridgehead atoms. The third kappa shape index (κ3) is 4.09. The number of ether oxygens (including phenoxy) is 1. The third-order valence-corrected chi connectivity index (χ3v) is 4.59. The lowest BCUT2D eigenvalue weighted by Gasteiger charge is -2.25. The predicted octanol–water partition coefficient (Wildman–Crippen LogP) is 4.60. The van der Waals surface area contributed by atoms with Crippen molar-refractivity contribution in [1.82, 2.24) is 5.32 Å². The molecule has 1 aromatic carbocycles. The Morgan fingerprint density at radius 1 is 1.37 bits per heavy atom. The normalized spacial score (nSPS) is 21.3. The van der Waals surface area contributed by atoms with Gasteiger partial charge in [0.2, 0.25) is 0 Å². The van der Waals surface area contributed by atoms with Crippen LogP contribution in [0.2, 0.25) is 10.0 Å². The number of rotatable bonds is 5. The Balaban J connectivity index is 1.97. The number of hydrogen-bond donors (Lipinski definition) is 1. The van der Waals surface area contributed by atoms with E-state index in [1.165, 1.54) is 19.3 Å². The highest BCUT2D eigenvalue weighted by molar-refractivity contribution is 6.42. The molecule has 1 N–H and O–H groups in total. The molecule has 1 aliphatic heterocycles. The van der Waals surface area contributed by atoms with Crippen molar-refractivity contribution in [2.24, 2.45) is 0 Å². The molecule has 2 nitrogen and oxygen atoms in total. The standard InChI is InChI=1S/C15H21Cl2NO/c1-18-14(9-8-11-5-2-3-10-19-11)12-6-4-7-13(16)15(12)17/h4,6-7,11,14,18H,2-3,5,8-10H2,1H3. The van der Waals surface area contributed by atoms with Crippen molar-refractivity contribution >= 4 is 23.2 Å². The molecule has 0 amide bonds. The van der Waals surface area contributed by atoms with Gasteiger partial charge in [0, 0.05) is 12.6 Å². The van der Waals surface area contributed by atoms with Gasteiger partial charge in [-0.05, 0) is 50.8 Å². The lowest BCUT2D eigenvalue weighted by atomic mass is 9.97.